The van der Waals surface area contributed by atoms with Gasteiger partial charge in [0.1, 0.15) is 11.6 Å². The van der Waals surface area contributed by atoms with Crippen molar-refractivity contribution in [1.82, 2.24) is 9.97 Å². The van der Waals surface area contributed by atoms with Crippen LogP contribution in [0.1, 0.15) is 5.56 Å². The monoisotopic (exact) mass is 408 g/mol. The van der Waals surface area contributed by atoms with Crippen LogP contribution in [0.25, 0.3) is 44.5 Å². The van der Waals surface area contributed by atoms with Gasteiger partial charge in [-0.2, -0.15) is 0 Å². The number of halogens is 2. The summed E-state index contributed by atoms with van der Waals surface area (Å²) in [5, 5.41) is 2.23. The fourth-order valence-corrected chi connectivity index (χ4v) is 3.78. The molecule has 0 aliphatic rings. The van der Waals surface area contributed by atoms with Crippen molar-refractivity contribution in [2.45, 2.75) is 6.92 Å². The van der Waals surface area contributed by atoms with Crippen LogP contribution in [0.15, 0.2) is 91.1 Å². The van der Waals surface area contributed by atoms with Gasteiger partial charge < -0.3 is 0 Å². The van der Waals surface area contributed by atoms with Crippen molar-refractivity contribution in [3.05, 3.63) is 108 Å². The van der Waals surface area contributed by atoms with E-state index in [9.17, 15) is 8.78 Å². The van der Waals surface area contributed by atoms with E-state index in [1.807, 2.05) is 25.1 Å². The Kier molecular flexibility index (Phi) is 4.75. The Morgan fingerprint density at radius 2 is 1.35 bits per heavy atom. The minimum atomic E-state index is -0.301. The van der Waals surface area contributed by atoms with E-state index >= 15 is 0 Å². The number of aromatic nitrogens is 2. The second kappa shape index (κ2) is 7.73. The zero-order valence-corrected chi connectivity index (χ0v) is 16.8. The van der Waals surface area contributed by atoms with E-state index in [1.54, 1.807) is 24.4 Å². The Morgan fingerprint density at radius 1 is 0.645 bits per heavy atom. The molecule has 0 aliphatic carbocycles. The highest BCUT2D eigenvalue weighted by atomic mass is 19.1. The lowest BCUT2D eigenvalue weighted by molar-refractivity contribution is 0.626. The maximum atomic E-state index is 13.7. The summed E-state index contributed by atoms with van der Waals surface area (Å²) in [5.41, 5.74) is 5.31. The molecule has 2 nitrogen and oxygen atoms in total. The maximum absolute atomic E-state index is 13.7. The van der Waals surface area contributed by atoms with E-state index in [1.165, 1.54) is 24.3 Å². The van der Waals surface area contributed by atoms with Crippen LogP contribution >= 0.6 is 0 Å². The molecule has 5 aromatic rings. The van der Waals surface area contributed by atoms with E-state index in [0.29, 0.717) is 17.1 Å². The molecular formula is C27H18F2N2. The second-order valence-corrected chi connectivity index (χ2v) is 7.48. The molecule has 0 aliphatic heterocycles. The average molecular weight is 408 g/mol. The van der Waals surface area contributed by atoms with Gasteiger partial charge >= 0.3 is 0 Å². The lowest BCUT2D eigenvalue weighted by Gasteiger charge is -2.13. The summed E-state index contributed by atoms with van der Waals surface area (Å²) in [5.74, 6) is -0.589. The van der Waals surface area contributed by atoms with Gasteiger partial charge in [-0.05, 0) is 71.8 Å². The first-order chi connectivity index (χ1) is 15.1. The molecule has 0 radical (unpaired) electrons. The predicted molar refractivity (Wildman–Crippen MR) is 120 cm³/mol. The molecule has 0 atom stereocenters. The number of benzene rings is 4. The molecular weight excluding hydrogens is 390 g/mol. The molecule has 5 rings (SSSR count). The Bertz CT molecular complexity index is 1410. The van der Waals surface area contributed by atoms with Crippen LogP contribution in [0.3, 0.4) is 0 Å². The summed E-state index contributed by atoms with van der Waals surface area (Å²) in [4.78, 5) is 9.63. The second-order valence-electron chi connectivity index (χ2n) is 7.48. The van der Waals surface area contributed by atoms with Crippen LogP contribution in [-0.2, 0) is 0 Å². The number of fused-ring (bicyclic) bond motifs is 1. The number of nitrogens with zero attached hydrogens (tertiary/aromatic N) is 2. The summed E-state index contributed by atoms with van der Waals surface area (Å²) < 4.78 is 27.1. The molecule has 0 saturated heterocycles. The highest BCUT2D eigenvalue weighted by molar-refractivity contribution is 5.90. The van der Waals surface area contributed by atoms with Crippen LogP contribution in [0.2, 0.25) is 0 Å². The molecule has 0 fully saturated rings. The van der Waals surface area contributed by atoms with Gasteiger partial charge in [-0.1, -0.05) is 36.4 Å². The zero-order valence-electron chi connectivity index (χ0n) is 16.8. The summed E-state index contributed by atoms with van der Waals surface area (Å²) in [7, 11) is 0. The largest absolute Gasteiger partial charge is 0.252 e. The third kappa shape index (κ3) is 3.68. The molecule has 0 bridgehead atoms. The molecule has 0 spiro atoms. The Morgan fingerprint density at radius 3 is 2.13 bits per heavy atom. The zero-order chi connectivity index (χ0) is 21.4. The molecule has 0 N–H and O–H groups in total. The fourth-order valence-electron chi connectivity index (χ4n) is 3.78. The highest BCUT2D eigenvalue weighted by Gasteiger charge is 2.16. The minimum Gasteiger partial charge on any atom is -0.252 e. The molecule has 0 amide bonds. The van der Waals surface area contributed by atoms with Gasteiger partial charge in [0.05, 0.1) is 23.3 Å². The van der Waals surface area contributed by atoms with Crippen LogP contribution in [0, 0.1) is 18.6 Å². The lowest BCUT2D eigenvalue weighted by Crippen LogP contribution is -1.98. The van der Waals surface area contributed by atoms with Crippen molar-refractivity contribution < 1.29 is 8.78 Å². The van der Waals surface area contributed by atoms with Crippen LogP contribution in [0.5, 0.6) is 0 Å². The normalized spacial score (nSPS) is 11.1. The first-order valence-corrected chi connectivity index (χ1v) is 9.97. The van der Waals surface area contributed by atoms with Crippen molar-refractivity contribution in [1.29, 1.82) is 0 Å². The van der Waals surface area contributed by atoms with E-state index in [2.05, 4.69) is 24.3 Å². The van der Waals surface area contributed by atoms with E-state index in [-0.39, 0.29) is 11.6 Å². The molecule has 1 heterocycles. The summed E-state index contributed by atoms with van der Waals surface area (Å²) in [6.07, 6.45) is 1.68. The quantitative estimate of drug-likeness (QED) is 0.315. The average Bonchev–Trinajstić information content (AvgIpc) is 2.79. The van der Waals surface area contributed by atoms with Crippen LogP contribution in [-0.4, -0.2) is 9.97 Å². The predicted octanol–water partition coefficient (Wildman–Crippen LogP) is 7.22. The van der Waals surface area contributed by atoms with E-state index in [4.69, 9.17) is 9.97 Å². The lowest BCUT2D eigenvalue weighted by atomic mass is 9.98. The number of hydrogen-bond acceptors (Lipinski definition) is 2. The smallest absolute Gasteiger partial charge is 0.123 e. The van der Waals surface area contributed by atoms with Gasteiger partial charge in [-0.15, -0.1) is 0 Å². The summed E-state index contributed by atoms with van der Waals surface area (Å²) in [6, 6.07) is 25.1. The number of aryl methyl sites for hydroxylation is 1. The summed E-state index contributed by atoms with van der Waals surface area (Å²) in [6.45, 7) is 1.86. The number of rotatable bonds is 3. The molecule has 0 saturated carbocycles. The Labute approximate surface area is 178 Å². The van der Waals surface area contributed by atoms with E-state index < -0.39 is 0 Å². The van der Waals surface area contributed by atoms with Crippen LogP contribution < -0.4 is 0 Å². The van der Waals surface area contributed by atoms with Gasteiger partial charge in [0, 0.05) is 16.7 Å². The van der Waals surface area contributed by atoms with Gasteiger partial charge in [0.25, 0.3) is 0 Å². The molecule has 31 heavy (non-hydrogen) atoms. The van der Waals surface area contributed by atoms with Crippen molar-refractivity contribution in [3.63, 3.8) is 0 Å². The first kappa shape index (κ1) is 19.1. The van der Waals surface area contributed by atoms with Crippen molar-refractivity contribution in [2.75, 3.05) is 0 Å². The molecule has 4 heteroatoms. The Balaban J connectivity index is 1.74. The topological polar surface area (TPSA) is 25.8 Å². The SMILES string of the molecule is Cc1cc(F)ccc1-c1ncc(-c2ccc(F)cc2)nc1-c1ccc2ccccc2c1. The third-order valence-corrected chi connectivity index (χ3v) is 5.38. The van der Waals surface area contributed by atoms with Gasteiger partial charge in [0.15, 0.2) is 0 Å². The molecule has 150 valence electrons. The summed E-state index contributed by atoms with van der Waals surface area (Å²) >= 11 is 0. The van der Waals surface area contributed by atoms with Gasteiger partial charge in [0.2, 0.25) is 0 Å². The fraction of sp³-hybridized carbons (Fsp3) is 0.0370. The number of hydrogen-bond donors (Lipinski definition) is 0. The van der Waals surface area contributed by atoms with Gasteiger partial charge in [-0.3, -0.25) is 4.98 Å². The Hall–Kier alpha value is -3.92. The van der Waals surface area contributed by atoms with Gasteiger partial charge in [-0.25, -0.2) is 13.8 Å². The minimum absolute atomic E-state index is 0.288. The standard InChI is InChI=1S/C27H18F2N2/c1-17-14-23(29)12-13-24(17)27-26(21-7-6-18-4-2-3-5-20(18)15-21)31-25(16-30-27)19-8-10-22(28)11-9-19/h2-16H,1H3. The first-order valence-electron chi connectivity index (χ1n) is 9.97. The van der Waals surface area contributed by atoms with Crippen LogP contribution in [0.4, 0.5) is 8.78 Å². The van der Waals surface area contributed by atoms with Crippen molar-refractivity contribution in [2.24, 2.45) is 0 Å². The molecule has 4 aromatic carbocycles. The highest BCUT2D eigenvalue weighted by Crippen LogP contribution is 2.34. The molecule has 1 aromatic heterocycles. The molecule has 0 unspecified atom stereocenters. The van der Waals surface area contributed by atoms with Crippen molar-refractivity contribution >= 4 is 10.8 Å². The third-order valence-electron chi connectivity index (χ3n) is 5.38. The maximum Gasteiger partial charge on any atom is 0.123 e. The van der Waals surface area contributed by atoms with E-state index in [0.717, 1.165) is 33.0 Å². The van der Waals surface area contributed by atoms with Crippen molar-refractivity contribution in [3.8, 4) is 33.8 Å².